The highest BCUT2D eigenvalue weighted by Gasteiger charge is 2.21. The molecule has 1 heterocycles. The molecule has 0 radical (unpaired) electrons. The molecule has 3 nitrogen and oxygen atoms in total. The average molecular weight is 163 g/mol. The minimum Gasteiger partial charge on any atom is -0.381 e. The second kappa shape index (κ2) is 2.66. The predicted octanol–water partition coefficient (Wildman–Crippen LogP) is 1.44. The SMILES string of the molecule is C=C(NC1CC1)c1cnc(C)[nH]1. The van der Waals surface area contributed by atoms with Crippen LogP contribution in [0.25, 0.3) is 5.70 Å². The van der Waals surface area contributed by atoms with Gasteiger partial charge in [-0.05, 0) is 19.8 Å². The van der Waals surface area contributed by atoms with Crippen LogP contribution in [0, 0.1) is 6.92 Å². The van der Waals surface area contributed by atoms with Crippen molar-refractivity contribution in [3.05, 3.63) is 24.3 Å². The molecular formula is C9H13N3. The standard InChI is InChI=1S/C9H13N3/c1-6(11-8-3-4-8)9-5-10-7(2)12-9/h5,8,11H,1,3-4H2,2H3,(H,10,12). The van der Waals surface area contributed by atoms with Crippen LogP contribution < -0.4 is 5.32 Å². The molecule has 0 spiro atoms. The molecule has 3 heteroatoms. The number of hydrogen-bond acceptors (Lipinski definition) is 2. The Morgan fingerprint density at radius 1 is 1.75 bits per heavy atom. The van der Waals surface area contributed by atoms with Gasteiger partial charge in [0.05, 0.1) is 17.6 Å². The highest BCUT2D eigenvalue weighted by Crippen LogP contribution is 2.22. The number of aryl methyl sites for hydroxylation is 1. The van der Waals surface area contributed by atoms with Gasteiger partial charge in [-0.1, -0.05) is 6.58 Å². The summed E-state index contributed by atoms with van der Waals surface area (Å²) in [4.78, 5) is 7.24. The Morgan fingerprint density at radius 2 is 2.50 bits per heavy atom. The molecule has 1 fully saturated rings. The topological polar surface area (TPSA) is 40.7 Å². The smallest absolute Gasteiger partial charge is 0.103 e. The molecule has 0 saturated heterocycles. The minimum absolute atomic E-state index is 0.654. The lowest BCUT2D eigenvalue weighted by atomic mass is 10.3. The van der Waals surface area contributed by atoms with Crippen molar-refractivity contribution in [1.29, 1.82) is 0 Å². The highest BCUT2D eigenvalue weighted by molar-refractivity contribution is 5.58. The van der Waals surface area contributed by atoms with Crippen molar-refractivity contribution >= 4 is 5.70 Å². The Labute approximate surface area is 71.9 Å². The molecule has 1 aromatic heterocycles. The van der Waals surface area contributed by atoms with Crippen molar-refractivity contribution < 1.29 is 0 Å². The highest BCUT2D eigenvalue weighted by atomic mass is 15.0. The fourth-order valence-corrected chi connectivity index (χ4v) is 1.13. The van der Waals surface area contributed by atoms with E-state index in [0.717, 1.165) is 17.2 Å². The van der Waals surface area contributed by atoms with Crippen LogP contribution >= 0.6 is 0 Å². The van der Waals surface area contributed by atoms with Crippen molar-refractivity contribution in [2.24, 2.45) is 0 Å². The second-order valence-corrected chi connectivity index (χ2v) is 3.28. The molecule has 2 rings (SSSR count). The van der Waals surface area contributed by atoms with Gasteiger partial charge < -0.3 is 10.3 Å². The Kier molecular flexibility index (Phi) is 1.64. The zero-order chi connectivity index (χ0) is 8.55. The number of nitrogens with one attached hydrogen (secondary N) is 2. The molecule has 0 atom stereocenters. The van der Waals surface area contributed by atoms with Crippen LogP contribution in [0.1, 0.15) is 24.4 Å². The summed E-state index contributed by atoms with van der Waals surface area (Å²) < 4.78 is 0. The Morgan fingerprint density at radius 3 is 3.00 bits per heavy atom. The molecule has 0 bridgehead atoms. The summed E-state index contributed by atoms with van der Waals surface area (Å²) in [5.41, 5.74) is 1.96. The molecule has 0 aromatic carbocycles. The number of H-pyrrole nitrogens is 1. The molecule has 1 aromatic rings. The predicted molar refractivity (Wildman–Crippen MR) is 48.5 cm³/mol. The van der Waals surface area contributed by atoms with E-state index < -0.39 is 0 Å². The maximum atomic E-state index is 4.11. The third-order valence-electron chi connectivity index (χ3n) is 1.98. The number of nitrogens with zero attached hydrogens (tertiary/aromatic N) is 1. The first-order chi connectivity index (χ1) is 5.75. The van der Waals surface area contributed by atoms with Crippen molar-refractivity contribution in [2.75, 3.05) is 0 Å². The van der Waals surface area contributed by atoms with E-state index in [1.165, 1.54) is 12.8 Å². The summed E-state index contributed by atoms with van der Waals surface area (Å²) in [6.07, 6.45) is 4.35. The van der Waals surface area contributed by atoms with E-state index in [9.17, 15) is 0 Å². The van der Waals surface area contributed by atoms with Gasteiger partial charge in [-0.15, -0.1) is 0 Å². The summed E-state index contributed by atoms with van der Waals surface area (Å²) in [6.45, 7) is 5.87. The molecule has 0 unspecified atom stereocenters. The fourth-order valence-electron chi connectivity index (χ4n) is 1.13. The van der Waals surface area contributed by atoms with E-state index in [0.29, 0.717) is 6.04 Å². The Balaban J connectivity index is 2.03. The van der Waals surface area contributed by atoms with E-state index >= 15 is 0 Å². The third-order valence-corrected chi connectivity index (χ3v) is 1.98. The van der Waals surface area contributed by atoms with Gasteiger partial charge in [0.15, 0.2) is 0 Å². The van der Waals surface area contributed by atoms with Gasteiger partial charge >= 0.3 is 0 Å². The van der Waals surface area contributed by atoms with Crippen molar-refractivity contribution in [3.8, 4) is 0 Å². The summed E-state index contributed by atoms with van der Waals surface area (Å²) in [7, 11) is 0. The van der Waals surface area contributed by atoms with Gasteiger partial charge in [-0.3, -0.25) is 0 Å². The summed E-state index contributed by atoms with van der Waals surface area (Å²) in [5, 5.41) is 3.32. The van der Waals surface area contributed by atoms with E-state index in [-0.39, 0.29) is 0 Å². The molecule has 1 aliphatic rings. The van der Waals surface area contributed by atoms with Crippen LogP contribution in [-0.2, 0) is 0 Å². The number of imidazole rings is 1. The van der Waals surface area contributed by atoms with Gasteiger partial charge in [-0.2, -0.15) is 0 Å². The minimum atomic E-state index is 0.654. The van der Waals surface area contributed by atoms with Gasteiger partial charge in [0.2, 0.25) is 0 Å². The maximum Gasteiger partial charge on any atom is 0.103 e. The van der Waals surface area contributed by atoms with Crippen molar-refractivity contribution in [3.63, 3.8) is 0 Å². The van der Waals surface area contributed by atoms with Crippen LogP contribution in [0.2, 0.25) is 0 Å². The lowest BCUT2D eigenvalue weighted by molar-refractivity contribution is 0.879. The van der Waals surface area contributed by atoms with E-state index in [1.807, 2.05) is 13.1 Å². The molecule has 1 saturated carbocycles. The van der Waals surface area contributed by atoms with Crippen molar-refractivity contribution in [2.45, 2.75) is 25.8 Å². The van der Waals surface area contributed by atoms with E-state index in [1.54, 1.807) is 0 Å². The van der Waals surface area contributed by atoms with Gasteiger partial charge in [0.1, 0.15) is 5.82 Å². The van der Waals surface area contributed by atoms with Crippen LogP contribution in [0.4, 0.5) is 0 Å². The van der Waals surface area contributed by atoms with Gasteiger partial charge in [-0.25, -0.2) is 4.98 Å². The van der Waals surface area contributed by atoms with Crippen molar-refractivity contribution in [1.82, 2.24) is 15.3 Å². The summed E-state index contributed by atoms with van der Waals surface area (Å²) in [5.74, 6) is 0.934. The largest absolute Gasteiger partial charge is 0.381 e. The summed E-state index contributed by atoms with van der Waals surface area (Å²) in [6, 6.07) is 0.654. The second-order valence-electron chi connectivity index (χ2n) is 3.28. The molecule has 12 heavy (non-hydrogen) atoms. The zero-order valence-electron chi connectivity index (χ0n) is 7.22. The van der Waals surface area contributed by atoms with E-state index in [4.69, 9.17) is 0 Å². The van der Waals surface area contributed by atoms with Crippen LogP contribution in [0.5, 0.6) is 0 Å². The normalized spacial score (nSPS) is 16.1. The number of aromatic amines is 1. The third kappa shape index (κ3) is 1.49. The molecule has 0 amide bonds. The molecular weight excluding hydrogens is 150 g/mol. The van der Waals surface area contributed by atoms with Gasteiger partial charge in [0, 0.05) is 6.04 Å². The van der Waals surface area contributed by atoms with Gasteiger partial charge in [0.25, 0.3) is 0 Å². The lowest BCUT2D eigenvalue weighted by Gasteiger charge is -2.04. The Hall–Kier alpha value is -1.25. The lowest BCUT2D eigenvalue weighted by Crippen LogP contribution is -2.13. The molecule has 64 valence electrons. The fraction of sp³-hybridized carbons (Fsp3) is 0.444. The number of aromatic nitrogens is 2. The monoisotopic (exact) mass is 163 g/mol. The molecule has 0 aliphatic heterocycles. The Bertz CT molecular complexity index is 296. The van der Waals surface area contributed by atoms with Crippen LogP contribution in [0.15, 0.2) is 12.8 Å². The first-order valence-corrected chi connectivity index (χ1v) is 4.23. The number of hydrogen-bond donors (Lipinski definition) is 2. The average Bonchev–Trinajstić information content (AvgIpc) is 2.72. The first kappa shape index (κ1) is 7.40. The molecule has 1 aliphatic carbocycles. The zero-order valence-corrected chi connectivity index (χ0v) is 7.22. The van der Waals surface area contributed by atoms with Crippen LogP contribution in [0.3, 0.4) is 0 Å². The quantitative estimate of drug-likeness (QED) is 0.708. The molecule has 2 N–H and O–H groups in total. The van der Waals surface area contributed by atoms with E-state index in [2.05, 4.69) is 21.9 Å². The number of rotatable bonds is 3. The van der Waals surface area contributed by atoms with Crippen LogP contribution in [-0.4, -0.2) is 16.0 Å². The first-order valence-electron chi connectivity index (χ1n) is 4.23. The summed E-state index contributed by atoms with van der Waals surface area (Å²) >= 11 is 0. The maximum absolute atomic E-state index is 4.11.